The molecule has 0 bridgehead atoms. The Morgan fingerprint density at radius 2 is 2.19 bits per heavy atom. The van der Waals surface area contributed by atoms with E-state index in [0.29, 0.717) is 32.6 Å². The predicted octanol–water partition coefficient (Wildman–Crippen LogP) is 3.11. The number of carbonyl (C=O) groups excluding carboxylic acids is 1. The second kappa shape index (κ2) is 7.84. The molecule has 1 atom stereocenters. The van der Waals surface area contributed by atoms with Gasteiger partial charge in [0, 0.05) is 23.9 Å². The Morgan fingerprint density at radius 3 is 2.85 bits per heavy atom. The lowest BCUT2D eigenvalue weighted by atomic mass is 10.3. The summed E-state index contributed by atoms with van der Waals surface area (Å²) in [6.45, 7) is 3.56. The Kier molecular flexibility index (Phi) is 5.51. The fourth-order valence-electron chi connectivity index (χ4n) is 2.33. The van der Waals surface area contributed by atoms with E-state index in [0.717, 1.165) is 0 Å². The van der Waals surface area contributed by atoms with Crippen molar-refractivity contribution >= 4 is 50.0 Å². The van der Waals surface area contributed by atoms with Crippen molar-refractivity contribution < 1.29 is 9.72 Å². The van der Waals surface area contributed by atoms with E-state index in [1.54, 1.807) is 13.0 Å². The van der Waals surface area contributed by atoms with Crippen molar-refractivity contribution in [2.24, 2.45) is 0 Å². The van der Waals surface area contributed by atoms with Crippen LogP contribution in [0.1, 0.15) is 19.0 Å². The molecule has 1 aromatic carbocycles. The molecule has 0 radical (unpaired) electrons. The quantitative estimate of drug-likeness (QED) is 0.279. The molecule has 9 nitrogen and oxygen atoms in total. The number of hydrogen-bond acceptors (Lipinski definition) is 8. The Bertz CT molecular complexity index is 1080. The van der Waals surface area contributed by atoms with Gasteiger partial charge in [-0.1, -0.05) is 30.0 Å². The van der Waals surface area contributed by atoms with Crippen molar-refractivity contribution in [2.45, 2.75) is 30.7 Å². The maximum atomic E-state index is 12.6. The van der Waals surface area contributed by atoms with Gasteiger partial charge in [0.1, 0.15) is 0 Å². The fourth-order valence-corrected chi connectivity index (χ4v) is 4.19. The Balaban J connectivity index is 1.77. The molecule has 3 aromatic rings. The van der Waals surface area contributed by atoms with E-state index >= 15 is 0 Å². The number of aryl methyl sites for hydroxylation is 1. The van der Waals surface area contributed by atoms with Crippen LogP contribution < -0.4 is 10.9 Å². The van der Waals surface area contributed by atoms with Crippen LogP contribution in [0.5, 0.6) is 0 Å². The number of aromatic amines is 1. The number of fused-ring (bicyclic) bond motifs is 1. The molecule has 1 amide bonds. The van der Waals surface area contributed by atoms with Crippen LogP contribution in [0.4, 0.5) is 10.8 Å². The number of amides is 1. The van der Waals surface area contributed by atoms with Gasteiger partial charge in [-0.25, -0.2) is 9.97 Å². The molecule has 140 valence electrons. The molecule has 2 heterocycles. The summed E-state index contributed by atoms with van der Waals surface area (Å²) >= 11 is 2.33. The normalized spacial score (nSPS) is 12.1. The SMILES string of the molecule is CCC(Sc1nc(C)cc(=O)[nH]1)C(=O)Nc1nc2ccc([N+](=O)[O-])cc2s1. The van der Waals surface area contributed by atoms with Crippen LogP contribution >= 0.6 is 23.1 Å². The first kappa shape index (κ1) is 19.0. The monoisotopic (exact) mass is 405 g/mol. The van der Waals surface area contributed by atoms with E-state index in [-0.39, 0.29) is 17.2 Å². The van der Waals surface area contributed by atoms with Crippen molar-refractivity contribution in [1.82, 2.24) is 15.0 Å². The first-order valence-electron chi connectivity index (χ1n) is 7.96. The second-order valence-corrected chi connectivity index (χ2v) is 7.85. The van der Waals surface area contributed by atoms with Crippen molar-refractivity contribution in [2.75, 3.05) is 5.32 Å². The number of nitrogens with zero attached hydrogens (tertiary/aromatic N) is 3. The lowest BCUT2D eigenvalue weighted by molar-refractivity contribution is -0.384. The summed E-state index contributed by atoms with van der Waals surface area (Å²) in [4.78, 5) is 45.6. The van der Waals surface area contributed by atoms with E-state index in [1.807, 2.05) is 6.92 Å². The standard InChI is InChI=1S/C16H15N5O4S2/c1-3-11(26-15-17-8(2)6-13(22)19-15)14(23)20-16-18-10-5-4-9(21(24)25)7-12(10)27-16/h4-7,11H,3H2,1-2H3,(H,17,19,22)(H,18,20,23). The maximum Gasteiger partial charge on any atom is 0.270 e. The molecular formula is C16H15N5O4S2. The number of non-ortho nitro benzene ring substituents is 1. The summed E-state index contributed by atoms with van der Waals surface area (Å²) in [6, 6.07) is 5.73. The first-order valence-corrected chi connectivity index (χ1v) is 9.66. The summed E-state index contributed by atoms with van der Waals surface area (Å²) < 4.78 is 0.616. The van der Waals surface area contributed by atoms with Gasteiger partial charge < -0.3 is 10.3 Å². The minimum absolute atomic E-state index is 0.0273. The Morgan fingerprint density at radius 1 is 1.41 bits per heavy atom. The maximum absolute atomic E-state index is 12.6. The molecule has 0 fully saturated rings. The number of aromatic nitrogens is 3. The molecule has 0 spiro atoms. The highest BCUT2D eigenvalue weighted by Crippen LogP contribution is 2.30. The molecule has 2 N–H and O–H groups in total. The molecule has 0 saturated heterocycles. The molecule has 1 unspecified atom stereocenters. The van der Waals surface area contributed by atoms with Gasteiger partial charge in [0.25, 0.3) is 11.2 Å². The van der Waals surface area contributed by atoms with Crippen molar-refractivity contribution in [1.29, 1.82) is 0 Å². The average molecular weight is 405 g/mol. The third kappa shape index (κ3) is 4.49. The van der Waals surface area contributed by atoms with Crippen molar-refractivity contribution in [3.05, 3.63) is 50.4 Å². The lowest BCUT2D eigenvalue weighted by Gasteiger charge is -2.12. The minimum Gasteiger partial charge on any atom is -0.301 e. The average Bonchev–Trinajstić information content (AvgIpc) is 2.99. The highest BCUT2D eigenvalue weighted by Gasteiger charge is 2.21. The molecular weight excluding hydrogens is 390 g/mol. The molecule has 0 aliphatic heterocycles. The summed E-state index contributed by atoms with van der Waals surface area (Å²) in [5.41, 5.74) is 0.851. The summed E-state index contributed by atoms with van der Waals surface area (Å²) in [5, 5.41) is 13.9. The van der Waals surface area contributed by atoms with Gasteiger partial charge in [-0.3, -0.25) is 19.7 Å². The zero-order valence-electron chi connectivity index (χ0n) is 14.4. The van der Waals surface area contributed by atoms with Crippen LogP contribution in [0.3, 0.4) is 0 Å². The van der Waals surface area contributed by atoms with Gasteiger partial charge in [-0.05, 0) is 19.4 Å². The topological polar surface area (TPSA) is 131 Å². The number of H-pyrrole nitrogens is 1. The molecule has 0 aliphatic carbocycles. The highest BCUT2D eigenvalue weighted by atomic mass is 32.2. The summed E-state index contributed by atoms with van der Waals surface area (Å²) in [5.74, 6) is -0.278. The van der Waals surface area contributed by atoms with Gasteiger partial charge in [0.05, 0.1) is 20.4 Å². The van der Waals surface area contributed by atoms with Crippen LogP contribution in [0.25, 0.3) is 10.2 Å². The zero-order valence-corrected chi connectivity index (χ0v) is 16.0. The van der Waals surface area contributed by atoms with Gasteiger partial charge in [-0.15, -0.1) is 0 Å². The van der Waals surface area contributed by atoms with E-state index in [4.69, 9.17) is 0 Å². The number of thiazole rings is 1. The number of anilines is 1. The van der Waals surface area contributed by atoms with Gasteiger partial charge in [0.15, 0.2) is 10.3 Å². The van der Waals surface area contributed by atoms with Crippen LogP contribution in [0.15, 0.2) is 34.2 Å². The number of nitro benzene ring substituents is 1. The summed E-state index contributed by atoms with van der Waals surface area (Å²) in [6.07, 6.45) is 0.518. The Hall–Kier alpha value is -2.79. The van der Waals surface area contributed by atoms with Crippen LogP contribution in [0, 0.1) is 17.0 Å². The third-order valence-corrected chi connectivity index (χ3v) is 5.76. The van der Waals surface area contributed by atoms with Crippen LogP contribution in [0.2, 0.25) is 0 Å². The molecule has 0 saturated carbocycles. The number of benzene rings is 1. The smallest absolute Gasteiger partial charge is 0.270 e. The van der Waals surface area contributed by atoms with Gasteiger partial charge >= 0.3 is 0 Å². The predicted molar refractivity (Wildman–Crippen MR) is 104 cm³/mol. The van der Waals surface area contributed by atoms with Crippen molar-refractivity contribution in [3.8, 4) is 0 Å². The number of nitro groups is 1. The molecule has 27 heavy (non-hydrogen) atoms. The van der Waals surface area contributed by atoms with E-state index in [9.17, 15) is 19.7 Å². The van der Waals surface area contributed by atoms with E-state index in [2.05, 4.69) is 20.3 Å². The number of thioether (sulfide) groups is 1. The molecule has 11 heteroatoms. The molecule has 3 rings (SSSR count). The van der Waals surface area contributed by atoms with Crippen molar-refractivity contribution in [3.63, 3.8) is 0 Å². The van der Waals surface area contributed by atoms with Gasteiger partial charge in [0.2, 0.25) is 5.91 Å². The molecule has 0 aliphatic rings. The highest BCUT2D eigenvalue weighted by molar-refractivity contribution is 8.00. The van der Waals surface area contributed by atoms with Crippen LogP contribution in [-0.4, -0.2) is 31.0 Å². The summed E-state index contributed by atoms with van der Waals surface area (Å²) in [7, 11) is 0. The van der Waals surface area contributed by atoms with Gasteiger partial charge in [-0.2, -0.15) is 0 Å². The minimum atomic E-state index is -0.476. The largest absolute Gasteiger partial charge is 0.301 e. The number of nitrogens with one attached hydrogen (secondary N) is 2. The van der Waals surface area contributed by atoms with E-state index < -0.39 is 10.2 Å². The fraction of sp³-hybridized carbons (Fsp3) is 0.250. The van der Waals surface area contributed by atoms with E-state index in [1.165, 1.54) is 41.3 Å². The lowest BCUT2D eigenvalue weighted by Crippen LogP contribution is -2.25. The van der Waals surface area contributed by atoms with Crippen LogP contribution in [-0.2, 0) is 4.79 Å². The molecule has 2 aromatic heterocycles. The Labute approximate surface area is 161 Å². The first-order chi connectivity index (χ1) is 12.9. The zero-order chi connectivity index (χ0) is 19.6. The number of rotatable bonds is 6. The third-order valence-electron chi connectivity index (χ3n) is 3.58. The second-order valence-electron chi connectivity index (χ2n) is 5.62. The number of carbonyl (C=O) groups is 1. The number of hydrogen-bond donors (Lipinski definition) is 2.